The molecular formula is C22H26N4O. The Morgan fingerprint density at radius 3 is 2.85 bits per heavy atom. The Bertz CT molecular complexity index is 853. The van der Waals surface area contributed by atoms with Crippen LogP contribution in [0.5, 0.6) is 5.75 Å². The molecule has 2 N–H and O–H groups in total. The molecule has 3 aromatic rings. The summed E-state index contributed by atoms with van der Waals surface area (Å²) in [6.45, 7) is 1.89. The molecule has 0 saturated carbocycles. The summed E-state index contributed by atoms with van der Waals surface area (Å²) in [5.74, 6) is 0.309. The smallest absolute Gasteiger partial charge is 0.116 e. The average molecular weight is 362 g/mol. The van der Waals surface area contributed by atoms with Crippen molar-refractivity contribution in [1.82, 2.24) is 19.9 Å². The van der Waals surface area contributed by atoms with E-state index in [1.54, 1.807) is 18.6 Å². The highest BCUT2D eigenvalue weighted by Crippen LogP contribution is 2.26. The summed E-state index contributed by atoms with van der Waals surface area (Å²) in [5.41, 5.74) is 4.15. The van der Waals surface area contributed by atoms with Crippen molar-refractivity contribution in [2.75, 3.05) is 6.54 Å². The minimum absolute atomic E-state index is 0.309. The first-order chi connectivity index (χ1) is 13.3. The van der Waals surface area contributed by atoms with Gasteiger partial charge in [-0.2, -0.15) is 0 Å². The number of nitrogens with zero attached hydrogens (tertiary/aromatic N) is 3. The van der Waals surface area contributed by atoms with Gasteiger partial charge in [0.05, 0.1) is 12.0 Å². The summed E-state index contributed by atoms with van der Waals surface area (Å²) in [6.07, 6.45) is 13.4. The Morgan fingerprint density at radius 1 is 1.15 bits per heavy atom. The molecule has 2 aromatic heterocycles. The molecule has 1 fully saturated rings. The van der Waals surface area contributed by atoms with Gasteiger partial charge in [0, 0.05) is 36.7 Å². The zero-order valence-electron chi connectivity index (χ0n) is 15.5. The molecule has 0 spiro atoms. The number of piperidine rings is 1. The number of phenolic OH excluding ortho intramolecular Hbond substituents is 1. The second-order valence-electron chi connectivity index (χ2n) is 7.36. The standard InChI is InChI=1S/C22H26N4O/c27-21-12-17(4-6-20-3-1-2-8-24-20)11-19(13-21)22-7-5-18(14-25-22)15-26-10-9-23-16-26/h5,7,9-14,16,20,24,27H,1-4,6,8,15H2/t20-/m0/s1. The van der Waals surface area contributed by atoms with Crippen LogP contribution in [0.25, 0.3) is 11.3 Å². The molecule has 5 nitrogen and oxygen atoms in total. The van der Waals surface area contributed by atoms with Gasteiger partial charge in [-0.1, -0.05) is 12.5 Å². The molecule has 0 radical (unpaired) electrons. The van der Waals surface area contributed by atoms with E-state index in [0.29, 0.717) is 11.8 Å². The van der Waals surface area contributed by atoms with Crippen molar-refractivity contribution in [1.29, 1.82) is 0 Å². The number of benzene rings is 1. The van der Waals surface area contributed by atoms with Crippen molar-refractivity contribution in [2.24, 2.45) is 0 Å². The lowest BCUT2D eigenvalue weighted by molar-refractivity contribution is 0.382. The van der Waals surface area contributed by atoms with Gasteiger partial charge in [-0.05, 0) is 67.6 Å². The van der Waals surface area contributed by atoms with E-state index in [2.05, 4.69) is 27.4 Å². The third-order valence-electron chi connectivity index (χ3n) is 5.22. The topological polar surface area (TPSA) is 63.0 Å². The van der Waals surface area contributed by atoms with Crippen LogP contribution < -0.4 is 5.32 Å². The maximum Gasteiger partial charge on any atom is 0.116 e. The first kappa shape index (κ1) is 17.7. The molecule has 1 aliphatic heterocycles. The average Bonchev–Trinajstić information content (AvgIpc) is 3.20. The molecule has 1 atom stereocenters. The van der Waals surface area contributed by atoms with Crippen molar-refractivity contribution >= 4 is 0 Å². The number of phenols is 1. The van der Waals surface area contributed by atoms with Gasteiger partial charge in [-0.15, -0.1) is 0 Å². The zero-order chi connectivity index (χ0) is 18.5. The quantitative estimate of drug-likeness (QED) is 0.701. The third-order valence-corrected chi connectivity index (χ3v) is 5.22. The number of hydrogen-bond donors (Lipinski definition) is 2. The molecule has 3 heterocycles. The lowest BCUT2D eigenvalue weighted by Crippen LogP contribution is -2.34. The van der Waals surface area contributed by atoms with Crippen LogP contribution in [0, 0.1) is 0 Å². The predicted octanol–water partition coefficient (Wildman–Crippen LogP) is 3.77. The first-order valence-corrected chi connectivity index (χ1v) is 9.74. The molecule has 1 saturated heterocycles. The number of imidazole rings is 1. The van der Waals surface area contributed by atoms with Crippen molar-refractivity contribution in [3.8, 4) is 17.0 Å². The van der Waals surface area contributed by atoms with Crippen LogP contribution in [0.1, 0.15) is 36.8 Å². The molecule has 1 aromatic carbocycles. The van der Waals surface area contributed by atoms with E-state index in [0.717, 1.165) is 42.8 Å². The van der Waals surface area contributed by atoms with E-state index < -0.39 is 0 Å². The van der Waals surface area contributed by atoms with Gasteiger partial charge in [-0.25, -0.2) is 4.98 Å². The Labute approximate surface area is 160 Å². The van der Waals surface area contributed by atoms with E-state index in [9.17, 15) is 5.11 Å². The Hall–Kier alpha value is -2.66. The number of pyridine rings is 1. The van der Waals surface area contributed by atoms with E-state index in [4.69, 9.17) is 0 Å². The zero-order valence-corrected chi connectivity index (χ0v) is 15.5. The molecule has 5 heteroatoms. The van der Waals surface area contributed by atoms with Crippen molar-refractivity contribution in [3.05, 3.63) is 66.4 Å². The van der Waals surface area contributed by atoms with Crippen molar-refractivity contribution in [2.45, 2.75) is 44.7 Å². The van der Waals surface area contributed by atoms with Crippen molar-refractivity contribution < 1.29 is 5.11 Å². The van der Waals surface area contributed by atoms with E-state index in [-0.39, 0.29) is 0 Å². The van der Waals surface area contributed by atoms with Crippen LogP contribution in [-0.2, 0) is 13.0 Å². The number of nitrogens with one attached hydrogen (secondary N) is 1. The van der Waals surface area contributed by atoms with Gasteiger partial charge in [0.25, 0.3) is 0 Å². The fourth-order valence-corrected chi connectivity index (χ4v) is 3.76. The summed E-state index contributed by atoms with van der Waals surface area (Å²) in [5, 5.41) is 13.8. The number of aromatic hydroxyl groups is 1. The molecular weight excluding hydrogens is 336 g/mol. The minimum Gasteiger partial charge on any atom is -0.508 e. The lowest BCUT2D eigenvalue weighted by atomic mass is 9.96. The Kier molecular flexibility index (Phi) is 5.49. The second-order valence-corrected chi connectivity index (χ2v) is 7.36. The van der Waals surface area contributed by atoms with Crippen LogP contribution in [0.3, 0.4) is 0 Å². The van der Waals surface area contributed by atoms with Crippen LogP contribution in [0.2, 0.25) is 0 Å². The van der Waals surface area contributed by atoms with Crippen LogP contribution in [-0.4, -0.2) is 32.2 Å². The van der Waals surface area contributed by atoms with E-state index in [1.165, 1.54) is 24.8 Å². The summed E-state index contributed by atoms with van der Waals surface area (Å²) < 4.78 is 2.02. The molecule has 4 rings (SSSR count). The van der Waals surface area contributed by atoms with Gasteiger partial charge in [0.1, 0.15) is 5.75 Å². The van der Waals surface area contributed by atoms with Crippen LogP contribution >= 0.6 is 0 Å². The fourth-order valence-electron chi connectivity index (χ4n) is 3.76. The third kappa shape index (κ3) is 4.74. The summed E-state index contributed by atoms with van der Waals surface area (Å²) >= 11 is 0. The maximum absolute atomic E-state index is 10.2. The summed E-state index contributed by atoms with van der Waals surface area (Å²) in [6, 6.07) is 10.5. The number of aryl methyl sites for hydroxylation is 1. The second kappa shape index (κ2) is 8.35. The van der Waals surface area contributed by atoms with Gasteiger partial charge < -0.3 is 15.0 Å². The maximum atomic E-state index is 10.2. The van der Waals surface area contributed by atoms with Gasteiger partial charge in [0.15, 0.2) is 0 Å². The highest BCUT2D eigenvalue weighted by molar-refractivity contribution is 5.62. The molecule has 0 aliphatic carbocycles. The van der Waals surface area contributed by atoms with Gasteiger partial charge in [0.2, 0.25) is 0 Å². The number of rotatable bonds is 6. The van der Waals surface area contributed by atoms with E-state index >= 15 is 0 Å². The minimum atomic E-state index is 0.309. The highest BCUT2D eigenvalue weighted by atomic mass is 16.3. The van der Waals surface area contributed by atoms with Crippen LogP contribution in [0.15, 0.2) is 55.2 Å². The molecule has 0 bridgehead atoms. The largest absolute Gasteiger partial charge is 0.508 e. The molecule has 27 heavy (non-hydrogen) atoms. The van der Waals surface area contributed by atoms with Crippen molar-refractivity contribution in [3.63, 3.8) is 0 Å². The highest BCUT2D eigenvalue weighted by Gasteiger charge is 2.13. The normalized spacial score (nSPS) is 17.1. The Balaban J connectivity index is 1.45. The SMILES string of the molecule is Oc1cc(CC[C@@H]2CCCCN2)cc(-c2ccc(Cn3ccnc3)cn2)c1. The molecule has 0 amide bonds. The number of aromatic nitrogens is 3. The summed E-state index contributed by atoms with van der Waals surface area (Å²) in [7, 11) is 0. The Morgan fingerprint density at radius 2 is 2.11 bits per heavy atom. The first-order valence-electron chi connectivity index (χ1n) is 9.74. The summed E-state index contributed by atoms with van der Waals surface area (Å²) in [4.78, 5) is 8.67. The van der Waals surface area contributed by atoms with E-state index in [1.807, 2.05) is 29.1 Å². The lowest BCUT2D eigenvalue weighted by Gasteiger charge is -2.23. The van der Waals surface area contributed by atoms with Gasteiger partial charge >= 0.3 is 0 Å². The monoisotopic (exact) mass is 362 g/mol. The van der Waals surface area contributed by atoms with Gasteiger partial charge in [-0.3, -0.25) is 4.98 Å². The molecule has 0 unspecified atom stereocenters. The number of hydrogen-bond acceptors (Lipinski definition) is 4. The molecule has 1 aliphatic rings. The van der Waals surface area contributed by atoms with Crippen LogP contribution in [0.4, 0.5) is 0 Å². The predicted molar refractivity (Wildman–Crippen MR) is 107 cm³/mol. The fraction of sp³-hybridized carbons (Fsp3) is 0.364. The molecule has 140 valence electrons.